The zero-order chi connectivity index (χ0) is 12.3. The molecule has 0 aliphatic rings. The fourth-order valence-electron chi connectivity index (χ4n) is 1.71. The van der Waals surface area contributed by atoms with E-state index in [9.17, 15) is 0 Å². The van der Waals surface area contributed by atoms with Crippen LogP contribution >= 0.6 is 15.9 Å². The molecule has 0 spiro atoms. The molecule has 2 aromatic rings. The Morgan fingerprint density at radius 1 is 1.06 bits per heavy atom. The van der Waals surface area contributed by atoms with Gasteiger partial charge in [-0.1, -0.05) is 28.1 Å². The Labute approximate surface area is 110 Å². The molecule has 0 saturated heterocycles. The smallest absolute Gasteiger partial charge is 0.0411 e. The number of nitrogens with zero attached hydrogens (tertiary/aromatic N) is 1. The van der Waals surface area contributed by atoms with Crippen molar-refractivity contribution in [3.63, 3.8) is 0 Å². The van der Waals surface area contributed by atoms with Crippen LogP contribution in [0.4, 0.5) is 11.4 Å². The van der Waals surface area contributed by atoms with E-state index in [0.717, 1.165) is 21.4 Å². The first-order chi connectivity index (χ1) is 8.20. The predicted molar refractivity (Wildman–Crippen MR) is 76.5 cm³/mol. The van der Waals surface area contributed by atoms with Crippen molar-refractivity contribution < 1.29 is 0 Å². The number of hydrogen-bond donors (Lipinski definition) is 1. The van der Waals surface area contributed by atoms with E-state index in [4.69, 9.17) is 5.73 Å². The molecule has 0 heterocycles. The topological polar surface area (TPSA) is 29.3 Å². The van der Waals surface area contributed by atoms with Crippen molar-refractivity contribution in [3.8, 4) is 0 Å². The highest BCUT2D eigenvalue weighted by atomic mass is 79.9. The number of rotatable bonds is 3. The molecule has 0 fully saturated rings. The van der Waals surface area contributed by atoms with Gasteiger partial charge in [0.15, 0.2) is 0 Å². The first-order valence-electron chi connectivity index (χ1n) is 5.49. The largest absolute Gasteiger partial charge is 0.345 e. The molecule has 2 N–H and O–H groups in total. The second-order valence-electron chi connectivity index (χ2n) is 3.91. The Hall–Kier alpha value is -1.32. The third-order valence-electron chi connectivity index (χ3n) is 2.75. The molecule has 0 amide bonds. The second kappa shape index (κ2) is 5.34. The van der Waals surface area contributed by atoms with Gasteiger partial charge >= 0.3 is 0 Å². The highest BCUT2D eigenvalue weighted by Gasteiger charge is 2.03. The maximum atomic E-state index is 5.65. The number of benzene rings is 2. The van der Waals surface area contributed by atoms with Crippen LogP contribution in [0.3, 0.4) is 0 Å². The molecule has 0 bridgehead atoms. The minimum Gasteiger partial charge on any atom is -0.345 e. The maximum absolute atomic E-state index is 5.65. The molecule has 2 aromatic carbocycles. The van der Waals surface area contributed by atoms with Gasteiger partial charge in [0, 0.05) is 29.4 Å². The lowest BCUT2D eigenvalue weighted by Gasteiger charge is -2.20. The molecule has 0 aliphatic carbocycles. The van der Waals surface area contributed by atoms with Crippen LogP contribution in [0.2, 0.25) is 0 Å². The number of anilines is 2. The van der Waals surface area contributed by atoms with Crippen LogP contribution in [0.5, 0.6) is 0 Å². The first-order valence-corrected chi connectivity index (χ1v) is 6.28. The lowest BCUT2D eigenvalue weighted by atomic mass is 10.2. The first kappa shape index (κ1) is 12.1. The summed E-state index contributed by atoms with van der Waals surface area (Å²) in [6.45, 7) is 0.571. The molecule has 0 aromatic heterocycles. The third kappa shape index (κ3) is 2.87. The Morgan fingerprint density at radius 2 is 1.76 bits per heavy atom. The molecule has 17 heavy (non-hydrogen) atoms. The molecular weight excluding hydrogens is 276 g/mol. The average Bonchev–Trinajstić information content (AvgIpc) is 2.39. The zero-order valence-electron chi connectivity index (χ0n) is 9.73. The Kier molecular flexibility index (Phi) is 3.82. The van der Waals surface area contributed by atoms with Crippen LogP contribution in [-0.4, -0.2) is 7.05 Å². The maximum Gasteiger partial charge on any atom is 0.0411 e. The molecule has 0 atom stereocenters. The predicted octanol–water partition coefficient (Wildman–Crippen LogP) is 3.68. The van der Waals surface area contributed by atoms with Gasteiger partial charge in [0.1, 0.15) is 0 Å². The van der Waals surface area contributed by atoms with Crippen molar-refractivity contribution in [3.05, 3.63) is 58.6 Å². The van der Waals surface area contributed by atoms with E-state index in [2.05, 4.69) is 52.1 Å². The summed E-state index contributed by atoms with van der Waals surface area (Å²) >= 11 is 3.44. The van der Waals surface area contributed by atoms with Gasteiger partial charge < -0.3 is 10.6 Å². The van der Waals surface area contributed by atoms with Gasteiger partial charge in [0.2, 0.25) is 0 Å². The number of halogens is 1. The Bertz CT molecular complexity index is 494. The van der Waals surface area contributed by atoms with Gasteiger partial charge in [0.25, 0.3) is 0 Å². The molecule has 0 radical (unpaired) electrons. The van der Waals surface area contributed by atoms with Gasteiger partial charge in [-0.05, 0) is 42.0 Å². The summed E-state index contributed by atoms with van der Waals surface area (Å²) in [6, 6.07) is 16.5. The van der Waals surface area contributed by atoms with E-state index in [0.29, 0.717) is 6.54 Å². The summed E-state index contributed by atoms with van der Waals surface area (Å²) in [6.07, 6.45) is 0. The number of hydrogen-bond acceptors (Lipinski definition) is 2. The van der Waals surface area contributed by atoms with Crippen LogP contribution in [0.25, 0.3) is 0 Å². The Morgan fingerprint density at radius 3 is 2.41 bits per heavy atom. The lowest BCUT2D eigenvalue weighted by Crippen LogP contribution is -2.09. The van der Waals surface area contributed by atoms with Crippen LogP contribution in [0.1, 0.15) is 5.56 Å². The molecule has 88 valence electrons. The van der Waals surface area contributed by atoms with Crippen molar-refractivity contribution in [2.75, 3.05) is 11.9 Å². The van der Waals surface area contributed by atoms with Crippen molar-refractivity contribution in [2.45, 2.75) is 6.54 Å². The van der Waals surface area contributed by atoms with E-state index in [1.54, 1.807) is 0 Å². The van der Waals surface area contributed by atoms with Gasteiger partial charge in [0.05, 0.1) is 0 Å². The van der Waals surface area contributed by atoms with Gasteiger partial charge in [-0.3, -0.25) is 0 Å². The van der Waals surface area contributed by atoms with E-state index in [1.165, 1.54) is 0 Å². The SMILES string of the molecule is CN(c1ccc(Br)cc1)c1cccc(CN)c1. The minimum atomic E-state index is 0.571. The Balaban J connectivity index is 2.29. The fourth-order valence-corrected chi connectivity index (χ4v) is 1.97. The molecule has 0 saturated carbocycles. The normalized spacial score (nSPS) is 10.3. The summed E-state index contributed by atoms with van der Waals surface area (Å²) in [7, 11) is 2.05. The van der Waals surface area contributed by atoms with E-state index in [-0.39, 0.29) is 0 Å². The third-order valence-corrected chi connectivity index (χ3v) is 3.28. The standard InChI is InChI=1S/C14H15BrN2/c1-17(13-7-5-12(15)6-8-13)14-4-2-3-11(9-14)10-16/h2-9H,10,16H2,1H3. The molecule has 0 unspecified atom stereocenters. The zero-order valence-corrected chi connectivity index (χ0v) is 11.3. The average molecular weight is 291 g/mol. The minimum absolute atomic E-state index is 0.571. The van der Waals surface area contributed by atoms with E-state index in [1.807, 2.05) is 24.3 Å². The van der Waals surface area contributed by atoms with Gasteiger partial charge in [-0.25, -0.2) is 0 Å². The van der Waals surface area contributed by atoms with Crippen molar-refractivity contribution >= 4 is 27.3 Å². The fraction of sp³-hybridized carbons (Fsp3) is 0.143. The summed E-state index contributed by atoms with van der Waals surface area (Å²) < 4.78 is 1.09. The van der Waals surface area contributed by atoms with Crippen LogP contribution in [-0.2, 0) is 6.54 Å². The summed E-state index contributed by atoms with van der Waals surface area (Å²) in [5, 5.41) is 0. The summed E-state index contributed by atoms with van der Waals surface area (Å²) in [4.78, 5) is 2.14. The summed E-state index contributed by atoms with van der Waals surface area (Å²) in [5.74, 6) is 0. The van der Waals surface area contributed by atoms with Gasteiger partial charge in [-0.15, -0.1) is 0 Å². The van der Waals surface area contributed by atoms with Crippen LogP contribution in [0, 0.1) is 0 Å². The highest BCUT2D eigenvalue weighted by molar-refractivity contribution is 9.10. The number of nitrogens with two attached hydrogens (primary N) is 1. The van der Waals surface area contributed by atoms with Gasteiger partial charge in [-0.2, -0.15) is 0 Å². The molecule has 0 aliphatic heterocycles. The summed E-state index contributed by atoms with van der Waals surface area (Å²) in [5.41, 5.74) is 9.10. The monoisotopic (exact) mass is 290 g/mol. The van der Waals surface area contributed by atoms with E-state index >= 15 is 0 Å². The van der Waals surface area contributed by atoms with Crippen molar-refractivity contribution in [1.82, 2.24) is 0 Å². The molecule has 3 heteroatoms. The van der Waals surface area contributed by atoms with Crippen LogP contribution < -0.4 is 10.6 Å². The lowest BCUT2D eigenvalue weighted by molar-refractivity contribution is 1.06. The second-order valence-corrected chi connectivity index (χ2v) is 4.83. The molecular formula is C14H15BrN2. The molecule has 2 rings (SSSR count). The van der Waals surface area contributed by atoms with Crippen molar-refractivity contribution in [2.24, 2.45) is 5.73 Å². The molecule has 2 nitrogen and oxygen atoms in total. The van der Waals surface area contributed by atoms with Crippen molar-refractivity contribution in [1.29, 1.82) is 0 Å². The van der Waals surface area contributed by atoms with Crippen LogP contribution in [0.15, 0.2) is 53.0 Å². The highest BCUT2D eigenvalue weighted by Crippen LogP contribution is 2.25. The van der Waals surface area contributed by atoms with E-state index < -0.39 is 0 Å². The quantitative estimate of drug-likeness (QED) is 0.934.